The van der Waals surface area contributed by atoms with Crippen molar-refractivity contribution < 1.29 is 13.2 Å². The number of hydrogen-bond donors (Lipinski definition) is 1. The van der Waals surface area contributed by atoms with E-state index in [9.17, 15) is 13.2 Å². The van der Waals surface area contributed by atoms with Crippen LogP contribution in [-0.4, -0.2) is 0 Å². The molecule has 0 fully saturated rings. The van der Waals surface area contributed by atoms with E-state index in [0.717, 1.165) is 32.3 Å². The Labute approximate surface area is 131 Å². The number of benzene rings is 2. The van der Waals surface area contributed by atoms with E-state index in [1.807, 2.05) is 18.2 Å². The predicted octanol–water partition coefficient (Wildman–Crippen LogP) is 5.84. The highest BCUT2D eigenvalue weighted by molar-refractivity contribution is 9.11. The van der Waals surface area contributed by atoms with Crippen molar-refractivity contribution in [3.05, 3.63) is 62.5 Å². The highest BCUT2D eigenvalue weighted by Crippen LogP contribution is 2.31. The molecule has 0 heterocycles. The molecule has 106 valence electrons. The predicted molar refractivity (Wildman–Crippen MR) is 80.6 cm³/mol. The van der Waals surface area contributed by atoms with Gasteiger partial charge in [0.25, 0.3) is 0 Å². The number of hydrogen-bond acceptors (Lipinski definition) is 1. The van der Waals surface area contributed by atoms with E-state index in [4.69, 9.17) is 0 Å². The first-order chi connectivity index (χ1) is 9.38. The zero-order valence-electron chi connectivity index (χ0n) is 10.1. The molecule has 0 aliphatic carbocycles. The summed E-state index contributed by atoms with van der Waals surface area (Å²) in [5.74, 6) is 0. The van der Waals surface area contributed by atoms with Crippen molar-refractivity contribution in [3.8, 4) is 0 Å². The van der Waals surface area contributed by atoms with Crippen LogP contribution in [0.15, 0.2) is 51.4 Å². The quantitative estimate of drug-likeness (QED) is 0.672. The average Bonchev–Trinajstić information content (AvgIpc) is 2.37. The lowest BCUT2D eigenvalue weighted by atomic mass is 10.1. The van der Waals surface area contributed by atoms with E-state index in [2.05, 4.69) is 37.2 Å². The highest BCUT2D eigenvalue weighted by Gasteiger charge is 2.29. The molecule has 1 nitrogen and oxygen atoms in total. The van der Waals surface area contributed by atoms with Crippen molar-refractivity contribution in [1.29, 1.82) is 0 Å². The molecule has 0 bridgehead atoms. The number of halogens is 5. The summed E-state index contributed by atoms with van der Waals surface area (Å²) in [6.07, 6.45) is -4.29. The summed E-state index contributed by atoms with van der Waals surface area (Å²) < 4.78 is 39.1. The van der Waals surface area contributed by atoms with E-state index in [0.29, 0.717) is 6.54 Å². The van der Waals surface area contributed by atoms with Gasteiger partial charge in [-0.1, -0.05) is 18.2 Å². The van der Waals surface area contributed by atoms with E-state index < -0.39 is 11.7 Å². The monoisotopic (exact) mass is 407 g/mol. The van der Waals surface area contributed by atoms with E-state index >= 15 is 0 Å². The zero-order valence-corrected chi connectivity index (χ0v) is 13.3. The minimum absolute atomic E-state index is 0.444. The Balaban J connectivity index is 2.08. The van der Waals surface area contributed by atoms with Crippen molar-refractivity contribution in [1.82, 2.24) is 0 Å². The normalized spacial score (nSPS) is 11.4. The Bertz CT molecular complexity index is 574. The van der Waals surface area contributed by atoms with Gasteiger partial charge < -0.3 is 5.32 Å². The summed E-state index contributed by atoms with van der Waals surface area (Å²) in [6.45, 7) is 0.444. The minimum Gasteiger partial charge on any atom is -0.379 e. The van der Waals surface area contributed by atoms with Crippen LogP contribution < -0.4 is 5.32 Å². The fourth-order valence-corrected chi connectivity index (χ4v) is 2.95. The molecule has 0 atom stereocenters. The van der Waals surface area contributed by atoms with Gasteiger partial charge in [-0.15, -0.1) is 0 Å². The van der Waals surface area contributed by atoms with E-state index in [1.165, 1.54) is 12.1 Å². The lowest BCUT2D eigenvalue weighted by molar-refractivity contribution is -0.137. The van der Waals surface area contributed by atoms with Crippen LogP contribution in [0.25, 0.3) is 0 Å². The molecule has 0 unspecified atom stereocenters. The summed E-state index contributed by atoms with van der Waals surface area (Å²) >= 11 is 6.83. The second-order valence-corrected chi connectivity index (χ2v) is 5.85. The summed E-state index contributed by atoms with van der Waals surface area (Å²) in [4.78, 5) is 0. The van der Waals surface area contributed by atoms with Crippen molar-refractivity contribution in [3.63, 3.8) is 0 Å². The molecule has 2 aromatic rings. The Kier molecular flexibility index (Phi) is 4.75. The molecule has 0 spiro atoms. The van der Waals surface area contributed by atoms with Gasteiger partial charge in [0, 0.05) is 15.5 Å². The number of alkyl halides is 3. The van der Waals surface area contributed by atoms with Gasteiger partial charge in [-0.05, 0) is 61.7 Å². The van der Waals surface area contributed by atoms with Gasteiger partial charge in [0.1, 0.15) is 0 Å². The minimum atomic E-state index is -4.29. The van der Waals surface area contributed by atoms with Crippen molar-refractivity contribution in [2.24, 2.45) is 0 Å². The fourth-order valence-electron chi connectivity index (χ4n) is 1.67. The third kappa shape index (κ3) is 3.76. The lowest BCUT2D eigenvalue weighted by Gasteiger charge is -2.12. The smallest absolute Gasteiger partial charge is 0.379 e. The van der Waals surface area contributed by atoms with E-state index in [-0.39, 0.29) is 0 Å². The van der Waals surface area contributed by atoms with Crippen LogP contribution in [-0.2, 0) is 12.7 Å². The highest BCUT2D eigenvalue weighted by atomic mass is 79.9. The van der Waals surface area contributed by atoms with Crippen LogP contribution in [0.5, 0.6) is 0 Å². The van der Waals surface area contributed by atoms with Crippen molar-refractivity contribution in [2.75, 3.05) is 5.32 Å². The Morgan fingerprint density at radius 2 is 1.45 bits per heavy atom. The molecule has 0 amide bonds. The fraction of sp³-hybridized carbons (Fsp3) is 0.143. The molecule has 0 saturated heterocycles. The molecule has 0 aromatic heterocycles. The number of anilines is 1. The standard InChI is InChI=1S/C14H10Br2F3N/c15-11-2-1-3-12(16)13(11)20-8-9-4-6-10(7-5-9)14(17,18)19/h1-7,20H,8H2. The van der Waals surface area contributed by atoms with Gasteiger partial charge in [-0.3, -0.25) is 0 Å². The van der Waals surface area contributed by atoms with Crippen LogP contribution in [0.1, 0.15) is 11.1 Å². The van der Waals surface area contributed by atoms with Crippen molar-refractivity contribution >= 4 is 37.5 Å². The third-order valence-electron chi connectivity index (χ3n) is 2.71. The molecule has 1 N–H and O–H groups in total. The van der Waals surface area contributed by atoms with Gasteiger partial charge in [0.05, 0.1) is 11.3 Å². The number of rotatable bonds is 3. The van der Waals surface area contributed by atoms with Crippen LogP contribution in [0.2, 0.25) is 0 Å². The van der Waals surface area contributed by atoms with E-state index in [1.54, 1.807) is 0 Å². The maximum Gasteiger partial charge on any atom is 0.416 e. The summed E-state index contributed by atoms with van der Waals surface area (Å²) in [7, 11) is 0. The number of nitrogens with one attached hydrogen (secondary N) is 1. The first-order valence-corrected chi connectivity index (χ1v) is 7.30. The summed E-state index contributed by atoms with van der Waals surface area (Å²) in [5.41, 5.74) is 1.01. The largest absolute Gasteiger partial charge is 0.416 e. The molecule has 0 saturated carbocycles. The zero-order chi connectivity index (χ0) is 14.8. The van der Waals surface area contributed by atoms with Gasteiger partial charge in [0.15, 0.2) is 0 Å². The molecular formula is C14H10Br2F3N. The molecule has 2 aromatic carbocycles. The molecule has 2 rings (SSSR count). The van der Waals surface area contributed by atoms with Gasteiger partial charge >= 0.3 is 6.18 Å². The summed E-state index contributed by atoms with van der Waals surface area (Å²) in [5, 5.41) is 3.18. The van der Waals surface area contributed by atoms with Gasteiger partial charge in [-0.25, -0.2) is 0 Å². The van der Waals surface area contributed by atoms with Gasteiger partial charge in [0.2, 0.25) is 0 Å². The first kappa shape index (κ1) is 15.4. The third-order valence-corrected chi connectivity index (χ3v) is 4.03. The van der Waals surface area contributed by atoms with Crippen LogP contribution in [0.3, 0.4) is 0 Å². The number of para-hydroxylation sites is 1. The molecule has 20 heavy (non-hydrogen) atoms. The lowest BCUT2D eigenvalue weighted by Crippen LogP contribution is -2.06. The first-order valence-electron chi connectivity index (χ1n) is 5.72. The topological polar surface area (TPSA) is 12.0 Å². The van der Waals surface area contributed by atoms with Crippen LogP contribution in [0.4, 0.5) is 18.9 Å². The maximum absolute atomic E-state index is 12.4. The molecule has 0 aliphatic rings. The van der Waals surface area contributed by atoms with Crippen LogP contribution >= 0.6 is 31.9 Å². The molecule has 6 heteroatoms. The summed E-state index contributed by atoms with van der Waals surface area (Å²) in [6, 6.07) is 10.8. The molecular weight excluding hydrogens is 399 g/mol. The Hall–Kier alpha value is -1.01. The molecule has 0 aliphatic heterocycles. The Morgan fingerprint density at radius 1 is 0.900 bits per heavy atom. The Morgan fingerprint density at radius 3 is 1.95 bits per heavy atom. The SMILES string of the molecule is FC(F)(F)c1ccc(CNc2c(Br)cccc2Br)cc1. The average molecular weight is 409 g/mol. The molecule has 0 radical (unpaired) electrons. The second kappa shape index (κ2) is 6.18. The maximum atomic E-state index is 12.4. The van der Waals surface area contributed by atoms with Gasteiger partial charge in [-0.2, -0.15) is 13.2 Å². The van der Waals surface area contributed by atoms with Crippen molar-refractivity contribution in [2.45, 2.75) is 12.7 Å². The second-order valence-electron chi connectivity index (χ2n) is 4.14. The van der Waals surface area contributed by atoms with Crippen LogP contribution in [0, 0.1) is 0 Å².